The molecule has 5 nitrogen and oxygen atoms in total. The van der Waals surface area contributed by atoms with Crippen LogP contribution < -0.4 is 5.32 Å². The number of amides is 1. The molecule has 1 amide bonds. The second-order valence-electron chi connectivity index (χ2n) is 4.82. The Balaban J connectivity index is 1.93. The van der Waals surface area contributed by atoms with E-state index in [-0.39, 0.29) is 5.91 Å². The molecule has 0 aliphatic carbocycles. The number of nitrogens with zero attached hydrogens (tertiary/aromatic N) is 3. The van der Waals surface area contributed by atoms with Gasteiger partial charge in [0.2, 0.25) is 0 Å². The van der Waals surface area contributed by atoms with Crippen molar-refractivity contribution in [3.05, 3.63) is 23.9 Å². The zero-order valence-electron chi connectivity index (χ0n) is 11.7. The van der Waals surface area contributed by atoms with Crippen LogP contribution in [0.2, 0.25) is 0 Å². The van der Waals surface area contributed by atoms with Gasteiger partial charge in [0.1, 0.15) is 5.82 Å². The van der Waals surface area contributed by atoms with E-state index in [0.29, 0.717) is 5.56 Å². The molecule has 1 aromatic heterocycles. The van der Waals surface area contributed by atoms with Gasteiger partial charge in [0, 0.05) is 39.4 Å². The molecule has 0 saturated carbocycles. The van der Waals surface area contributed by atoms with Crippen LogP contribution in [0.15, 0.2) is 18.3 Å². The molecule has 0 atom stereocenters. The van der Waals surface area contributed by atoms with Crippen molar-refractivity contribution in [3.8, 4) is 0 Å². The molecule has 1 N–H and O–H groups in total. The Kier molecular flexibility index (Phi) is 4.74. The minimum absolute atomic E-state index is 0.0892. The molecule has 1 aliphatic heterocycles. The van der Waals surface area contributed by atoms with E-state index in [0.717, 1.165) is 38.5 Å². The predicted octanol–water partition coefficient (Wildman–Crippen LogP) is 1.29. The smallest absolute Gasteiger partial charge is 0.255 e. The van der Waals surface area contributed by atoms with Crippen molar-refractivity contribution in [1.82, 2.24) is 14.8 Å². The van der Waals surface area contributed by atoms with Gasteiger partial charge >= 0.3 is 0 Å². The fourth-order valence-electron chi connectivity index (χ4n) is 2.34. The summed E-state index contributed by atoms with van der Waals surface area (Å²) >= 11 is 0. The van der Waals surface area contributed by atoms with E-state index in [2.05, 4.69) is 22.1 Å². The van der Waals surface area contributed by atoms with Gasteiger partial charge in [-0.15, -0.1) is 0 Å². The Bertz CT molecular complexity index is 410. The largest absolute Gasteiger partial charge is 0.373 e. The van der Waals surface area contributed by atoms with Crippen molar-refractivity contribution in [1.29, 1.82) is 0 Å². The highest BCUT2D eigenvalue weighted by molar-refractivity contribution is 5.94. The summed E-state index contributed by atoms with van der Waals surface area (Å²) in [5, 5.41) is 2.95. The van der Waals surface area contributed by atoms with Crippen molar-refractivity contribution >= 4 is 11.7 Å². The van der Waals surface area contributed by atoms with Crippen LogP contribution in [0.25, 0.3) is 0 Å². The number of anilines is 1. The van der Waals surface area contributed by atoms with Gasteiger partial charge in [-0.2, -0.15) is 0 Å². The Hall–Kier alpha value is -1.62. The van der Waals surface area contributed by atoms with Gasteiger partial charge in [-0.1, -0.05) is 6.92 Å². The number of aromatic nitrogens is 1. The van der Waals surface area contributed by atoms with Crippen molar-refractivity contribution in [2.75, 3.05) is 45.1 Å². The van der Waals surface area contributed by atoms with Crippen LogP contribution in [-0.2, 0) is 0 Å². The molecule has 0 spiro atoms. The maximum absolute atomic E-state index is 12.3. The molecule has 0 unspecified atom stereocenters. The summed E-state index contributed by atoms with van der Waals surface area (Å²) in [5.74, 6) is 0.871. The second kappa shape index (κ2) is 6.52. The molecule has 104 valence electrons. The van der Waals surface area contributed by atoms with Crippen molar-refractivity contribution in [2.45, 2.75) is 13.3 Å². The molecule has 2 heterocycles. The molecule has 0 radical (unpaired) electrons. The van der Waals surface area contributed by atoms with E-state index in [1.165, 1.54) is 6.42 Å². The molecule has 0 bridgehead atoms. The summed E-state index contributed by atoms with van der Waals surface area (Å²) < 4.78 is 0. The third-order valence-electron chi connectivity index (χ3n) is 3.47. The molecule has 2 rings (SSSR count). The van der Waals surface area contributed by atoms with E-state index in [1.807, 2.05) is 24.1 Å². The van der Waals surface area contributed by atoms with Gasteiger partial charge in [-0.05, 0) is 25.1 Å². The summed E-state index contributed by atoms with van der Waals surface area (Å²) in [6, 6.07) is 3.67. The number of pyridine rings is 1. The minimum atomic E-state index is 0.0892. The highest BCUT2D eigenvalue weighted by atomic mass is 16.2. The number of nitrogens with one attached hydrogen (secondary N) is 1. The van der Waals surface area contributed by atoms with E-state index in [1.54, 1.807) is 6.20 Å². The highest BCUT2D eigenvalue weighted by Gasteiger charge is 2.21. The first-order valence-corrected chi connectivity index (χ1v) is 6.90. The topological polar surface area (TPSA) is 48.5 Å². The Morgan fingerprint density at radius 2 is 2.05 bits per heavy atom. The number of carbonyl (C=O) groups excluding carboxylic acids is 1. The fraction of sp³-hybridized carbons (Fsp3) is 0.571. The lowest BCUT2D eigenvalue weighted by Crippen LogP contribution is -2.48. The van der Waals surface area contributed by atoms with Crippen LogP contribution in [0, 0.1) is 0 Å². The molecule has 1 aliphatic rings. The lowest BCUT2D eigenvalue weighted by molar-refractivity contribution is 0.0637. The predicted molar refractivity (Wildman–Crippen MR) is 76.4 cm³/mol. The quantitative estimate of drug-likeness (QED) is 0.888. The average Bonchev–Trinajstić information content (AvgIpc) is 2.48. The first kappa shape index (κ1) is 13.8. The summed E-state index contributed by atoms with van der Waals surface area (Å²) in [4.78, 5) is 20.8. The van der Waals surface area contributed by atoms with Crippen molar-refractivity contribution in [2.24, 2.45) is 0 Å². The molecule has 19 heavy (non-hydrogen) atoms. The lowest BCUT2D eigenvalue weighted by Gasteiger charge is -2.34. The molecule has 0 aromatic carbocycles. The Labute approximate surface area is 114 Å². The zero-order valence-corrected chi connectivity index (χ0v) is 11.7. The van der Waals surface area contributed by atoms with Crippen LogP contribution in [0.5, 0.6) is 0 Å². The first-order chi connectivity index (χ1) is 9.24. The zero-order chi connectivity index (χ0) is 13.7. The lowest BCUT2D eigenvalue weighted by atomic mass is 10.2. The van der Waals surface area contributed by atoms with Crippen molar-refractivity contribution in [3.63, 3.8) is 0 Å². The normalized spacial score (nSPS) is 16.4. The SMILES string of the molecule is CCCN1CCN(C(=O)c2ccc(NC)nc2)CC1. The number of rotatable bonds is 4. The van der Waals surface area contributed by atoms with E-state index >= 15 is 0 Å². The molecule has 1 fully saturated rings. The third-order valence-corrected chi connectivity index (χ3v) is 3.47. The maximum atomic E-state index is 12.3. The molecular formula is C14H22N4O. The standard InChI is InChI=1S/C14H22N4O/c1-3-6-17-7-9-18(10-8-17)14(19)12-4-5-13(15-2)16-11-12/h4-5,11H,3,6-10H2,1-2H3,(H,15,16). The third kappa shape index (κ3) is 3.44. The molecule has 5 heteroatoms. The summed E-state index contributed by atoms with van der Waals surface area (Å²) in [6.07, 6.45) is 2.82. The average molecular weight is 262 g/mol. The van der Waals surface area contributed by atoms with Gasteiger partial charge < -0.3 is 10.2 Å². The molecule has 1 saturated heterocycles. The number of carbonyl (C=O) groups is 1. The Morgan fingerprint density at radius 1 is 1.32 bits per heavy atom. The first-order valence-electron chi connectivity index (χ1n) is 6.90. The summed E-state index contributed by atoms with van der Waals surface area (Å²) in [7, 11) is 1.82. The maximum Gasteiger partial charge on any atom is 0.255 e. The van der Waals surface area contributed by atoms with Crippen LogP contribution >= 0.6 is 0 Å². The van der Waals surface area contributed by atoms with Gasteiger partial charge in [-0.3, -0.25) is 9.69 Å². The Morgan fingerprint density at radius 3 is 2.58 bits per heavy atom. The van der Waals surface area contributed by atoms with E-state index < -0.39 is 0 Å². The minimum Gasteiger partial charge on any atom is -0.373 e. The highest BCUT2D eigenvalue weighted by Crippen LogP contribution is 2.10. The number of hydrogen-bond acceptors (Lipinski definition) is 4. The second-order valence-corrected chi connectivity index (χ2v) is 4.82. The van der Waals surface area contributed by atoms with E-state index in [9.17, 15) is 4.79 Å². The van der Waals surface area contributed by atoms with Crippen LogP contribution in [-0.4, -0.2) is 60.5 Å². The van der Waals surface area contributed by atoms with Gasteiger partial charge in [0.25, 0.3) is 5.91 Å². The van der Waals surface area contributed by atoms with Crippen LogP contribution in [0.4, 0.5) is 5.82 Å². The summed E-state index contributed by atoms with van der Waals surface area (Å²) in [5.41, 5.74) is 0.669. The van der Waals surface area contributed by atoms with Crippen LogP contribution in [0.1, 0.15) is 23.7 Å². The van der Waals surface area contributed by atoms with Gasteiger partial charge in [0.15, 0.2) is 0 Å². The summed E-state index contributed by atoms with van der Waals surface area (Å²) in [6.45, 7) is 6.88. The molecule has 1 aromatic rings. The van der Waals surface area contributed by atoms with Gasteiger partial charge in [0.05, 0.1) is 5.56 Å². The van der Waals surface area contributed by atoms with Gasteiger partial charge in [-0.25, -0.2) is 4.98 Å². The monoisotopic (exact) mass is 262 g/mol. The van der Waals surface area contributed by atoms with Crippen molar-refractivity contribution < 1.29 is 4.79 Å². The van der Waals surface area contributed by atoms with E-state index in [4.69, 9.17) is 0 Å². The van der Waals surface area contributed by atoms with Crippen LogP contribution in [0.3, 0.4) is 0 Å². The molecular weight excluding hydrogens is 240 g/mol. The number of piperazine rings is 1. The fourth-order valence-corrected chi connectivity index (χ4v) is 2.34. The number of hydrogen-bond donors (Lipinski definition) is 1.